The quantitative estimate of drug-likeness (QED) is 0.304. The number of carbonyl (C=O) groups is 1. The third-order valence-corrected chi connectivity index (χ3v) is 7.12. The van der Waals surface area contributed by atoms with Crippen molar-refractivity contribution >= 4 is 16.1 Å². The molecule has 0 aromatic heterocycles. The van der Waals surface area contributed by atoms with E-state index in [9.17, 15) is 22.0 Å². The maximum atomic E-state index is 13.0. The van der Waals surface area contributed by atoms with Crippen LogP contribution in [0.25, 0.3) is 0 Å². The number of halogens is 2. The molecule has 148 valence electrons. The van der Waals surface area contributed by atoms with Gasteiger partial charge < -0.3 is 14.2 Å². The van der Waals surface area contributed by atoms with Crippen molar-refractivity contribution in [2.75, 3.05) is 13.2 Å². The summed E-state index contributed by atoms with van der Waals surface area (Å²) < 4.78 is 70.6. The maximum Gasteiger partial charge on any atom is 0.465 e. The highest BCUT2D eigenvalue weighted by Gasteiger charge is 2.62. The van der Waals surface area contributed by atoms with Gasteiger partial charge in [-0.05, 0) is 56.3 Å². The molecule has 4 bridgehead atoms. The lowest BCUT2D eigenvalue weighted by Crippen LogP contribution is -2.49. The van der Waals surface area contributed by atoms with Crippen molar-refractivity contribution < 1.29 is 40.8 Å². The SMILES string of the molecule is O=C(OCCOC1OC1C12CC3CC(CC(C3)C1)C2)C(F)(F)S(=O)(=O)O. The van der Waals surface area contributed by atoms with Gasteiger partial charge >= 0.3 is 21.3 Å². The van der Waals surface area contributed by atoms with Crippen LogP contribution in [0.1, 0.15) is 38.5 Å². The summed E-state index contributed by atoms with van der Waals surface area (Å²) in [5.74, 6) is -0.00268. The van der Waals surface area contributed by atoms with Gasteiger partial charge in [0.15, 0.2) is 6.29 Å². The zero-order chi connectivity index (χ0) is 18.7. The summed E-state index contributed by atoms with van der Waals surface area (Å²) >= 11 is 0. The van der Waals surface area contributed by atoms with Crippen LogP contribution in [0.4, 0.5) is 8.78 Å². The number of carbonyl (C=O) groups excluding carboxylic acids is 1. The van der Waals surface area contributed by atoms with Crippen molar-refractivity contribution in [3.05, 3.63) is 0 Å². The van der Waals surface area contributed by atoms with E-state index in [0.29, 0.717) is 0 Å². The number of esters is 1. The molecule has 5 rings (SSSR count). The Labute approximate surface area is 150 Å². The van der Waals surface area contributed by atoms with Gasteiger partial charge in [0, 0.05) is 5.41 Å². The smallest absolute Gasteiger partial charge is 0.458 e. The van der Waals surface area contributed by atoms with Crippen molar-refractivity contribution in [3.8, 4) is 0 Å². The van der Waals surface area contributed by atoms with Gasteiger partial charge in [0.1, 0.15) is 12.7 Å². The molecule has 4 saturated carbocycles. The molecule has 1 aliphatic heterocycles. The molecule has 2 unspecified atom stereocenters. The molecule has 0 spiro atoms. The summed E-state index contributed by atoms with van der Waals surface area (Å²) in [6.07, 6.45) is 6.98. The molecule has 5 fully saturated rings. The van der Waals surface area contributed by atoms with Crippen molar-refractivity contribution in [3.63, 3.8) is 0 Å². The Balaban J connectivity index is 1.23. The maximum absolute atomic E-state index is 13.0. The van der Waals surface area contributed by atoms with Gasteiger partial charge in [-0.3, -0.25) is 4.55 Å². The fraction of sp³-hybridized carbons (Fsp3) is 0.938. The lowest BCUT2D eigenvalue weighted by Gasteiger charge is -2.56. The van der Waals surface area contributed by atoms with E-state index in [4.69, 9.17) is 14.0 Å². The third kappa shape index (κ3) is 3.14. The first-order valence-electron chi connectivity index (χ1n) is 8.90. The molecule has 0 radical (unpaired) electrons. The van der Waals surface area contributed by atoms with Crippen LogP contribution >= 0.6 is 0 Å². The van der Waals surface area contributed by atoms with Gasteiger partial charge in [-0.1, -0.05) is 0 Å². The number of rotatable bonds is 7. The first kappa shape index (κ1) is 18.5. The summed E-state index contributed by atoms with van der Waals surface area (Å²) in [5.41, 5.74) is 0.161. The predicted octanol–water partition coefficient (Wildman–Crippen LogP) is 1.97. The summed E-state index contributed by atoms with van der Waals surface area (Å²) in [6.45, 7) is -0.724. The fourth-order valence-corrected chi connectivity index (χ4v) is 5.94. The van der Waals surface area contributed by atoms with E-state index in [0.717, 1.165) is 37.0 Å². The van der Waals surface area contributed by atoms with Crippen LogP contribution in [-0.2, 0) is 29.1 Å². The topological polar surface area (TPSA) is 102 Å². The largest absolute Gasteiger partial charge is 0.465 e. The van der Waals surface area contributed by atoms with E-state index in [2.05, 4.69) is 4.74 Å². The average Bonchev–Trinajstić information content (AvgIpc) is 3.29. The van der Waals surface area contributed by atoms with Crippen molar-refractivity contribution in [2.24, 2.45) is 23.2 Å². The van der Waals surface area contributed by atoms with Crippen molar-refractivity contribution in [2.45, 2.75) is 56.2 Å². The molecule has 5 aliphatic rings. The summed E-state index contributed by atoms with van der Waals surface area (Å²) in [4.78, 5) is 11.1. The van der Waals surface area contributed by atoms with Gasteiger partial charge in [-0.2, -0.15) is 17.2 Å². The summed E-state index contributed by atoms with van der Waals surface area (Å²) in [5, 5.41) is -4.98. The molecule has 7 nitrogen and oxygen atoms in total. The van der Waals surface area contributed by atoms with Crippen LogP contribution in [0.2, 0.25) is 0 Å². The number of hydrogen-bond acceptors (Lipinski definition) is 6. The molecule has 2 atom stereocenters. The van der Waals surface area contributed by atoms with Crippen molar-refractivity contribution in [1.29, 1.82) is 0 Å². The highest BCUT2D eigenvalue weighted by atomic mass is 32.2. The minimum Gasteiger partial charge on any atom is -0.458 e. The number of alkyl halides is 2. The van der Waals surface area contributed by atoms with E-state index in [1.54, 1.807) is 0 Å². The molecular formula is C16H22F2O7S. The number of ether oxygens (including phenoxy) is 3. The molecule has 10 heteroatoms. The van der Waals surface area contributed by atoms with E-state index in [1.807, 2.05) is 0 Å². The number of hydrogen-bond donors (Lipinski definition) is 1. The lowest BCUT2D eigenvalue weighted by molar-refractivity contribution is -0.163. The van der Waals surface area contributed by atoms with E-state index < -0.39 is 34.2 Å². The molecule has 1 heterocycles. The highest BCUT2D eigenvalue weighted by molar-refractivity contribution is 7.87. The Morgan fingerprint density at radius 3 is 2.15 bits per heavy atom. The van der Waals surface area contributed by atoms with Crippen LogP contribution in [0.15, 0.2) is 0 Å². The summed E-state index contributed by atoms with van der Waals surface area (Å²) in [7, 11) is -5.85. The molecule has 0 aromatic carbocycles. The minimum atomic E-state index is -5.85. The third-order valence-electron chi connectivity index (χ3n) is 6.30. The molecule has 0 aromatic rings. The second-order valence-electron chi connectivity index (χ2n) is 8.20. The zero-order valence-corrected chi connectivity index (χ0v) is 14.9. The lowest BCUT2D eigenvalue weighted by atomic mass is 9.48. The Morgan fingerprint density at radius 2 is 1.65 bits per heavy atom. The number of epoxide rings is 1. The van der Waals surface area contributed by atoms with Gasteiger partial charge in [0.25, 0.3) is 0 Å². The standard InChI is InChI=1S/C16H22F2O7S/c17-16(18,26(20,21)22)14(19)24-2-1-23-13-12(25-13)15-6-9-3-10(7-15)5-11(4-9)8-15/h9-13H,1-8H2,(H,20,21,22). The molecule has 1 saturated heterocycles. The first-order chi connectivity index (χ1) is 12.1. The van der Waals surface area contributed by atoms with Gasteiger partial charge in [0.2, 0.25) is 0 Å². The zero-order valence-electron chi connectivity index (χ0n) is 14.1. The van der Waals surface area contributed by atoms with Crippen molar-refractivity contribution in [1.82, 2.24) is 0 Å². The van der Waals surface area contributed by atoms with Crippen LogP contribution in [-0.4, -0.2) is 49.8 Å². The highest BCUT2D eigenvalue weighted by Crippen LogP contribution is 2.64. The Kier molecular flexibility index (Phi) is 4.33. The van der Waals surface area contributed by atoms with E-state index in [-0.39, 0.29) is 18.1 Å². The Hall–Kier alpha value is -0.840. The molecule has 26 heavy (non-hydrogen) atoms. The van der Waals surface area contributed by atoms with Crippen LogP contribution in [0.3, 0.4) is 0 Å². The van der Waals surface area contributed by atoms with E-state index >= 15 is 0 Å². The average molecular weight is 396 g/mol. The first-order valence-corrected chi connectivity index (χ1v) is 10.3. The minimum absolute atomic E-state index is 0.00543. The van der Waals surface area contributed by atoms with Crippen LogP contribution in [0, 0.1) is 23.2 Å². The molecule has 1 N–H and O–H groups in total. The van der Waals surface area contributed by atoms with Crippen LogP contribution < -0.4 is 0 Å². The monoisotopic (exact) mass is 396 g/mol. The Bertz CT molecular complexity index is 657. The molecule has 4 aliphatic carbocycles. The second kappa shape index (κ2) is 6.08. The predicted molar refractivity (Wildman–Crippen MR) is 82.7 cm³/mol. The van der Waals surface area contributed by atoms with Gasteiger partial charge in [-0.15, -0.1) is 0 Å². The van der Waals surface area contributed by atoms with Crippen LogP contribution in [0.5, 0.6) is 0 Å². The molecule has 0 amide bonds. The van der Waals surface area contributed by atoms with Gasteiger partial charge in [-0.25, -0.2) is 4.79 Å². The summed E-state index contributed by atoms with van der Waals surface area (Å²) in [6, 6.07) is 0. The fourth-order valence-electron chi connectivity index (χ4n) is 5.67. The van der Waals surface area contributed by atoms with Gasteiger partial charge in [0.05, 0.1) is 6.61 Å². The molecular weight excluding hydrogens is 374 g/mol. The second-order valence-corrected chi connectivity index (χ2v) is 9.67. The Morgan fingerprint density at radius 1 is 1.12 bits per heavy atom. The van der Waals surface area contributed by atoms with E-state index in [1.165, 1.54) is 19.3 Å². The normalized spacial score (nSPS) is 41.3.